The van der Waals surface area contributed by atoms with Gasteiger partial charge in [-0.1, -0.05) is 28.1 Å². The standard InChI is InChI=1S/C6H5BrS2/c7-6-2-1-3-4(8-3)5(6)9-6/h1-5H. The van der Waals surface area contributed by atoms with Crippen LogP contribution in [-0.2, 0) is 0 Å². The van der Waals surface area contributed by atoms with Gasteiger partial charge in [-0.05, 0) is 0 Å². The van der Waals surface area contributed by atoms with Gasteiger partial charge in [-0.15, -0.1) is 23.5 Å². The van der Waals surface area contributed by atoms with Crippen molar-refractivity contribution in [3.05, 3.63) is 12.2 Å². The van der Waals surface area contributed by atoms with Crippen molar-refractivity contribution in [3.8, 4) is 0 Å². The van der Waals surface area contributed by atoms with Crippen LogP contribution in [0.15, 0.2) is 12.2 Å². The molecule has 3 rings (SSSR count). The minimum absolute atomic E-state index is 0.387. The molecule has 0 aromatic carbocycles. The zero-order chi connectivity index (χ0) is 6.06. The predicted molar refractivity (Wildman–Crippen MR) is 47.3 cm³/mol. The van der Waals surface area contributed by atoms with Gasteiger partial charge < -0.3 is 0 Å². The third-order valence-corrected chi connectivity index (χ3v) is 6.55. The van der Waals surface area contributed by atoms with Gasteiger partial charge in [0, 0.05) is 15.7 Å². The van der Waals surface area contributed by atoms with E-state index in [4.69, 9.17) is 0 Å². The Bertz CT molecular complexity index is 203. The lowest BCUT2D eigenvalue weighted by Gasteiger charge is -2.01. The monoisotopic (exact) mass is 220 g/mol. The van der Waals surface area contributed by atoms with Crippen molar-refractivity contribution in [3.63, 3.8) is 0 Å². The summed E-state index contributed by atoms with van der Waals surface area (Å²) >= 11 is 7.87. The highest BCUT2D eigenvalue weighted by molar-refractivity contribution is 9.12. The zero-order valence-electron chi connectivity index (χ0n) is 4.58. The highest BCUT2D eigenvalue weighted by Gasteiger charge is 2.65. The Balaban J connectivity index is 2.04. The van der Waals surface area contributed by atoms with E-state index in [1.165, 1.54) is 0 Å². The molecule has 4 atom stereocenters. The van der Waals surface area contributed by atoms with Crippen molar-refractivity contribution < 1.29 is 0 Å². The van der Waals surface area contributed by atoms with Crippen LogP contribution in [0, 0.1) is 0 Å². The maximum Gasteiger partial charge on any atom is 0.102 e. The van der Waals surface area contributed by atoms with Crippen LogP contribution in [0.1, 0.15) is 0 Å². The van der Waals surface area contributed by atoms with E-state index in [1.807, 2.05) is 0 Å². The summed E-state index contributed by atoms with van der Waals surface area (Å²) in [4.78, 5) is 0. The summed E-state index contributed by atoms with van der Waals surface area (Å²) in [7, 11) is 0. The summed E-state index contributed by atoms with van der Waals surface area (Å²) in [6.07, 6.45) is 4.67. The van der Waals surface area contributed by atoms with Crippen molar-refractivity contribution in [2.75, 3.05) is 0 Å². The van der Waals surface area contributed by atoms with E-state index in [0.29, 0.717) is 3.66 Å². The topological polar surface area (TPSA) is 0 Å². The zero-order valence-corrected chi connectivity index (χ0v) is 7.80. The number of hydrogen-bond donors (Lipinski definition) is 0. The van der Waals surface area contributed by atoms with Crippen LogP contribution in [0.3, 0.4) is 0 Å². The lowest BCUT2D eigenvalue weighted by molar-refractivity contribution is 0.911. The maximum atomic E-state index is 3.70. The smallest absolute Gasteiger partial charge is 0.102 e. The summed E-state index contributed by atoms with van der Waals surface area (Å²) in [5, 5.41) is 2.74. The highest BCUT2D eigenvalue weighted by Crippen LogP contribution is 2.71. The fourth-order valence-electron chi connectivity index (χ4n) is 1.35. The molecule has 0 N–H and O–H groups in total. The third-order valence-electron chi connectivity index (χ3n) is 2.01. The van der Waals surface area contributed by atoms with Gasteiger partial charge in [0.15, 0.2) is 0 Å². The van der Waals surface area contributed by atoms with E-state index in [-0.39, 0.29) is 0 Å². The second-order valence-electron chi connectivity index (χ2n) is 2.66. The van der Waals surface area contributed by atoms with Gasteiger partial charge in [-0.3, -0.25) is 0 Å². The van der Waals surface area contributed by atoms with Crippen molar-refractivity contribution in [1.82, 2.24) is 0 Å². The average molecular weight is 221 g/mol. The van der Waals surface area contributed by atoms with Gasteiger partial charge >= 0.3 is 0 Å². The number of rotatable bonds is 0. The molecule has 0 aromatic heterocycles. The molecule has 2 aliphatic heterocycles. The van der Waals surface area contributed by atoms with Crippen LogP contribution >= 0.6 is 39.5 Å². The average Bonchev–Trinajstić information content (AvgIpc) is 2.52. The summed E-state index contributed by atoms with van der Waals surface area (Å²) in [6, 6.07) is 0. The summed E-state index contributed by atoms with van der Waals surface area (Å²) in [5.74, 6) is 0. The van der Waals surface area contributed by atoms with Crippen LogP contribution in [0.5, 0.6) is 0 Å². The van der Waals surface area contributed by atoms with Gasteiger partial charge in [0.1, 0.15) is 3.66 Å². The van der Waals surface area contributed by atoms with Crippen LogP contribution in [0.2, 0.25) is 0 Å². The van der Waals surface area contributed by atoms with E-state index >= 15 is 0 Å². The number of thioether (sulfide) groups is 2. The first-order valence-electron chi connectivity index (χ1n) is 3.01. The molecule has 0 radical (unpaired) electrons. The molecule has 9 heavy (non-hydrogen) atoms. The molecule has 0 bridgehead atoms. The SMILES string of the molecule is BrC12C=CC3SC3C1S2. The first-order valence-corrected chi connectivity index (χ1v) is 5.63. The largest absolute Gasteiger partial charge is 0.147 e. The molecule has 4 unspecified atom stereocenters. The number of alkyl halides is 1. The summed E-state index contributed by atoms with van der Waals surface area (Å²) < 4.78 is 0.387. The molecule has 2 fully saturated rings. The molecule has 2 heterocycles. The maximum absolute atomic E-state index is 3.70. The van der Waals surface area contributed by atoms with Crippen molar-refractivity contribution in [1.29, 1.82) is 0 Å². The van der Waals surface area contributed by atoms with Gasteiger partial charge in [-0.2, -0.15) is 0 Å². The lowest BCUT2D eigenvalue weighted by atomic mass is 10.1. The van der Waals surface area contributed by atoms with Crippen LogP contribution in [0.25, 0.3) is 0 Å². The molecule has 2 saturated heterocycles. The van der Waals surface area contributed by atoms with Gasteiger partial charge in [0.2, 0.25) is 0 Å². The van der Waals surface area contributed by atoms with E-state index in [9.17, 15) is 0 Å². The Morgan fingerprint density at radius 1 is 1.56 bits per heavy atom. The number of halogens is 1. The van der Waals surface area contributed by atoms with Gasteiger partial charge in [0.25, 0.3) is 0 Å². The molecule has 3 aliphatic rings. The van der Waals surface area contributed by atoms with E-state index in [1.54, 1.807) is 0 Å². The second kappa shape index (κ2) is 1.41. The Morgan fingerprint density at radius 2 is 2.44 bits per heavy atom. The molecule has 0 aromatic rings. The Morgan fingerprint density at radius 3 is 3.22 bits per heavy atom. The Hall–Kier alpha value is 0.920. The Kier molecular flexibility index (Phi) is 0.870. The first-order chi connectivity index (χ1) is 4.30. The number of hydrogen-bond acceptors (Lipinski definition) is 2. The minimum Gasteiger partial charge on any atom is -0.147 e. The predicted octanol–water partition coefficient (Wildman–Crippen LogP) is 2.25. The molecule has 0 nitrogen and oxygen atoms in total. The van der Waals surface area contributed by atoms with Crippen LogP contribution < -0.4 is 0 Å². The molecular weight excluding hydrogens is 216 g/mol. The van der Waals surface area contributed by atoms with Crippen LogP contribution in [0.4, 0.5) is 0 Å². The second-order valence-corrected chi connectivity index (χ2v) is 7.28. The molecule has 48 valence electrons. The van der Waals surface area contributed by atoms with E-state index in [0.717, 1.165) is 15.7 Å². The Labute approximate surface area is 71.0 Å². The molecule has 0 amide bonds. The first kappa shape index (κ1) is 5.56. The van der Waals surface area contributed by atoms with Gasteiger partial charge in [0.05, 0.1) is 0 Å². The minimum atomic E-state index is 0.387. The summed E-state index contributed by atoms with van der Waals surface area (Å²) in [6.45, 7) is 0. The van der Waals surface area contributed by atoms with Gasteiger partial charge in [-0.25, -0.2) is 0 Å². The fourth-order valence-corrected chi connectivity index (χ4v) is 5.16. The fraction of sp³-hybridized carbons (Fsp3) is 0.667. The lowest BCUT2D eigenvalue weighted by Crippen LogP contribution is -2.13. The third kappa shape index (κ3) is 0.636. The molecule has 3 heteroatoms. The van der Waals surface area contributed by atoms with Crippen molar-refractivity contribution in [2.45, 2.75) is 19.4 Å². The van der Waals surface area contributed by atoms with Crippen molar-refractivity contribution in [2.24, 2.45) is 0 Å². The van der Waals surface area contributed by atoms with E-state index in [2.05, 4.69) is 51.6 Å². The molecule has 0 spiro atoms. The van der Waals surface area contributed by atoms with Crippen LogP contribution in [-0.4, -0.2) is 19.4 Å². The normalized spacial score (nSPS) is 66.6. The highest BCUT2D eigenvalue weighted by atomic mass is 79.9. The molecular formula is C6H5BrS2. The quantitative estimate of drug-likeness (QED) is 0.349. The molecule has 0 saturated carbocycles. The molecule has 1 aliphatic carbocycles. The van der Waals surface area contributed by atoms with E-state index < -0.39 is 0 Å². The van der Waals surface area contributed by atoms with Crippen molar-refractivity contribution >= 4 is 39.5 Å². The number of fused-ring (bicyclic) bond motifs is 3. The summed E-state index contributed by atoms with van der Waals surface area (Å²) in [5.41, 5.74) is 0.